The number of nitrogens with one attached hydrogen (secondary N) is 1. The lowest BCUT2D eigenvalue weighted by Gasteiger charge is -2.26. The van der Waals surface area contributed by atoms with E-state index in [1.165, 1.54) is 22.5 Å². The van der Waals surface area contributed by atoms with Crippen molar-refractivity contribution in [1.29, 1.82) is 0 Å². The molecule has 0 aliphatic rings. The molecule has 0 amide bonds. The maximum atomic E-state index is 3.58. The summed E-state index contributed by atoms with van der Waals surface area (Å²) in [6, 6.07) is 15.2. The van der Waals surface area contributed by atoms with Crippen molar-refractivity contribution in [2.45, 2.75) is 27.3 Å². The number of hydrogen-bond donors (Lipinski definition) is 1. The van der Waals surface area contributed by atoms with Crippen molar-refractivity contribution < 1.29 is 0 Å². The van der Waals surface area contributed by atoms with Crippen molar-refractivity contribution in [3.8, 4) is 0 Å². The van der Waals surface area contributed by atoms with Gasteiger partial charge in [0.2, 0.25) is 0 Å². The van der Waals surface area contributed by atoms with Crippen molar-refractivity contribution in [2.24, 2.45) is 0 Å². The first-order valence-corrected chi connectivity index (χ1v) is 8.28. The average Bonchev–Trinajstić information content (AvgIpc) is 2.48. The van der Waals surface area contributed by atoms with Gasteiger partial charge < -0.3 is 10.2 Å². The number of hydrogen-bond acceptors (Lipinski definition) is 2. The summed E-state index contributed by atoms with van der Waals surface area (Å²) >= 11 is 3.58. The molecule has 0 saturated carbocycles. The van der Waals surface area contributed by atoms with Crippen LogP contribution in [-0.2, 0) is 6.54 Å². The van der Waals surface area contributed by atoms with Gasteiger partial charge in [-0.1, -0.05) is 35.0 Å². The zero-order valence-electron chi connectivity index (χ0n) is 13.0. The summed E-state index contributed by atoms with van der Waals surface area (Å²) in [5.41, 5.74) is 5.12. The van der Waals surface area contributed by atoms with Gasteiger partial charge in [0, 0.05) is 28.9 Å². The quantitative estimate of drug-likeness (QED) is 0.789. The van der Waals surface area contributed by atoms with E-state index in [1.54, 1.807) is 0 Å². The third-order valence-corrected chi connectivity index (χ3v) is 4.02. The van der Waals surface area contributed by atoms with Crippen molar-refractivity contribution in [2.75, 3.05) is 18.0 Å². The number of benzene rings is 2. The summed E-state index contributed by atoms with van der Waals surface area (Å²) < 4.78 is 1.12. The predicted octanol–water partition coefficient (Wildman–Crippen LogP) is 5.03. The standard InChI is InChI=1S/C18H23BrN2/c1-4-20-13-15-12-16(19)9-10-18(15)21(5-2)17-8-6-7-14(3)11-17/h6-12,20H,4-5,13H2,1-3H3. The largest absolute Gasteiger partial charge is 0.341 e. The first-order chi connectivity index (χ1) is 10.2. The Morgan fingerprint density at radius 1 is 1.10 bits per heavy atom. The maximum Gasteiger partial charge on any atom is 0.0457 e. The second-order valence-electron chi connectivity index (χ2n) is 5.14. The Balaban J connectivity index is 2.41. The normalized spacial score (nSPS) is 10.7. The Kier molecular flexibility index (Phi) is 5.83. The summed E-state index contributed by atoms with van der Waals surface area (Å²) in [4.78, 5) is 2.37. The minimum atomic E-state index is 0.883. The lowest BCUT2D eigenvalue weighted by Crippen LogP contribution is -2.20. The fourth-order valence-corrected chi connectivity index (χ4v) is 2.92. The van der Waals surface area contributed by atoms with Crippen LogP contribution in [0.15, 0.2) is 46.9 Å². The number of nitrogens with zero attached hydrogens (tertiary/aromatic N) is 1. The van der Waals surface area contributed by atoms with Gasteiger partial charge in [0.15, 0.2) is 0 Å². The van der Waals surface area contributed by atoms with Crippen LogP contribution in [0.5, 0.6) is 0 Å². The highest BCUT2D eigenvalue weighted by Crippen LogP contribution is 2.31. The van der Waals surface area contributed by atoms with E-state index < -0.39 is 0 Å². The molecule has 21 heavy (non-hydrogen) atoms. The van der Waals surface area contributed by atoms with Crippen LogP contribution in [0.2, 0.25) is 0 Å². The van der Waals surface area contributed by atoms with Gasteiger partial charge in [0.1, 0.15) is 0 Å². The number of halogens is 1. The molecule has 3 heteroatoms. The SMILES string of the molecule is CCNCc1cc(Br)ccc1N(CC)c1cccc(C)c1. The molecule has 0 fully saturated rings. The predicted molar refractivity (Wildman–Crippen MR) is 95.4 cm³/mol. The third kappa shape index (κ3) is 4.08. The van der Waals surface area contributed by atoms with E-state index in [1.807, 2.05) is 0 Å². The molecule has 0 heterocycles. The second kappa shape index (κ2) is 7.62. The minimum absolute atomic E-state index is 0.883. The second-order valence-corrected chi connectivity index (χ2v) is 6.05. The van der Waals surface area contributed by atoms with Gasteiger partial charge in [0.05, 0.1) is 0 Å². The molecule has 112 valence electrons. The zero-order chi connectivity index (χ0) is 15.2. The van der Waals surface area contributed by atoms with Crippen LogP contribution in [0.3, 0.4) is 0 Å². The molecule has 0 aliphatic heterocycles. The lowest BCUT2D eigenvalue weighted by atomic mass is 10.1. The van der Waals surface area contributed by atoms with E-state index in [2.05, 4.69) is 89.4 Å². The number of rotatable bonds is 6. The van der Waals surface area contributed by atoms with Gasteiger partial charge in [0.25, 0.3) is 0 Å². The van der Waals surface area contributed by atoms with Crippen LogP contribution in [0.25, 0.3) is 0 Å². The Hall–Kier alpha value is -1.32. The molecule has 0 bridgehead atoms. The first kappa shape index (κ1) is 16.1. The molecule has 0 spiro atoms. The Morgan fingerprint density at radius 3 is 2.57 bits per heavy atom. The van der Waals surface area contributed by atoms with E-state index in [-0.39, 0.29) is 0 Å². The third-order valence-electron chi connectivity index (χ3n) is 3.53. The molecule has 2 rings (SSSR count). The summed E-state index contributed by atoms with van der Waals surface area (Å²) in [6.07, 6.45) is 0. The van der Waals surface area contributed by atoms with E-state index in [4.69, 9.17) is 0 Å². The molecule has 0 aromatic heterocycles. The van der Waals surface area contributed by atoms with Gasteiger partial charge in [-0.05, 0) is 61.9 Å². The van der Waals surface area contributed by atoms with Gasteiger partial charge >= 0.3 is 0 Å². The number of anilines is 2. The summed E-state index contributed by atoms with van der Waals surface area (Å²) in [6.45, 7) is 9.27. The number of aryl methyl sites for hydroxylation is 1. The highest BCUT2D eigenvalue weighted by atomic mass is 79.9. The van der Waals surface area contributed by atoms with Crippen LogP contribution in [-0.4, -0.2) is 13.1 Å². The lowest BCUT2D eigenvalue weighted by molar-refractivity contribution is 0.725. The molecule has 0 atom stereocenters. The topological polar surface area (TPSA) is 15.3 Å². The van der Waals surface area contributed by atoms with E-state index in [9.17, 15) is 0 Å². The molecular formula is C18H23BrN2. The average molecular weight is 347 g/mol. The molecule has 0 radical (unpaired) electrons. The van der Waals surface area contributed by atoms with Crippen molar-refractivity contribution >= 4 is 27.3 Å². The van der Waals surface area contributed by atoms with Crippen LogP contribution in [0.1, 0.15) is 25.0 Å². The van der Waals surface area contributed by atoms with Crippen molar-refractivity contribution in [3.63, 3.8) is 0 Å². The van der Waals surface area contributed by atoms with E-state index >= 15 is 0 Å². The van der Waals surface area contributed by atoms with Crippen LogP contribution < -0.4 is 10.2 Å². The summed E-state index contributed by atoms with van der Waals surface area (Å²) in [5.74, 6) is 0. The molecule has 2 nitrogen and oxygen atoms in total. The first-order valence-electron chi connectivity index (χ1n) is 7.49. The Bertz CT molecular complexity index is 596. The minimum Gasteiger partial charge on any atom is -0.341 e. The fourth-order valence-electron chi connectivity index (χ4n) is 2.51. The monoisotopic (exact) mass is 346 g/mol. The molecule has 0 aliphatic carbocycles. The van der Waals surface area contributed by atoms with E-state index in [0.717, 1.165) is 24.1 Å². The van der Waals surface area contributed by atoms with Gasteiger partial charge in [-0.2, -0.15) is 0 Å². The van der Waals surface area contributed by atoms with Gasteiger partial charge in [-0.15, -0.1) is 0 Å². The molecular weight excluding hydrogens is 324 g/mol. The van der Waals surface area contributed by atoms with Gasteiger partial charge in [-0.25, -0.2) is 0 Å². The van der Waals surface area contributed by atoms with Crippen LogP contribution in [0, 0.1) is 6.92 Å². The fraction of sp³-hybridized carbons (Fsp3) is 0.333. The van der Waals surface area contributed by atoms with Crippen molar-refractivity contribution in [1.82, 2.24) is 5.32 Å². The Morgan fingerprint density at radius 2 is 1.90 bits per heavy atom. The molecule has 2 aromatic rings. The molecule has 2 aromatic carbocycles. The van der Waals surface area contributed by atoms with Crippen molar-refractivity contribution in [3.05, 3.63) is 58.1 Å². The zero-order valence-corrected chi connectivity index (χ0v) is 14.6. The summed E-state index contributed by atoms with van der Waals surface area (Å²) in [7, 11) is 0. The molecule has 0 unspecified atom stereocenters. The summed E-state index contributed by atoms with van der Waals surface area (Å²) in [5, 5.41) is 3.43. The van der Waals surface area contributed by atoms with Crippen LogP contribution in [0.4, 0.5) is 11.4 Å². The van der Waals surface area contributed by atoms with Gasteiger partial charge in [-0.3, -0.25) is 0 Å². The molecule has 0 saturated heterocycles. The maximum absolute atomic E-state index is 3.58. The highest BCUT2D eigenvalue weighted by molar-refractivity contribution is 9.10. The highest BCUT2D eigenvalue weighted by Gasteiger charge is 2.12. The molecule has 1 N–H and O–H groups in total. The Labute approximate surface area is 136 Å². The smallest absolute Gasteiger partial charge is 0.0457 e. The van der Waals surface area contributed by atoms with Crippen LogP contribution >= 0.6 is 15.9 Å². The van der Waals surface area contributed by atoms with E-state index in [0.29, 0.717) is 0 Å².